The number of morpholine rings is 1. The molecule has 0 amide bonds. The first kappa shape index (κ1) is 26.2. The molecule has 188 valence electrons. The van der Waals surface area contributed by atoms with Gasteiger partial charge in [0.2, 0.25) is 5.95 Å². The van der Waals surface area contributed by atoms with Crippen molar-refractivity contribution in [2.24, 2.45) is 5.92 Å². The lowest BCUT2D eigenvalue weighted by atomic mass is 9.84. The van der Waals surface area contributed by atoms with Gasteiger partial charge in [-0.3, -0.25) is 4.79 Å². The third-order valence-corrected chi connectivity index (χ3v) is 7.65. The summed E-state index contributed by atoms with van der Waals surface area (Å²) >= 11 is 0. The molecule has 2 aromatic rings. The van der Waals surface area contributed by atoms with E-state index in [1.165, 1.54) is 0 Å². The van der Waals surface area contributed by atoms with Crippen molar-refractivity contribution in [1.29, 1.82) is 0 Å². The maximum Gasteiger partial charge on any atom is 0.307 e. The van der Waals surface area contributed by atoms with Gasteiger partial charge in [0.05, 0.1) is 19.1 Å². The Morgan fingerprint density at radius 1 is 1.24 bits per heavy atom. The molecule has 2 atom stereocenters. The van der Waals surface area contributed by atoms with Crippen LogP contribution in [-0.4, -0.2) is 82.2 Å². The SMILES string of the molecule is CCCC(C(=O)O)[C@H](Cc1cnc(N2CCOCC2)nc1)c1nnnn1COCC[Si](C)(C)C. The van der Waals surface area contributed by atoms with Gasteiger partial charge in [0.25, 0.3) is 0 Å². The van der Waals surface area contributed by atoms with E-state index >= 15 is 0 Å². The summed E-state index contributed by atoms with van der Waals surface area (Å²) in [5.74, 6) is -0.730. The number of carbonyl (C=O) groups is 1. The molecule has 1 fully saturated rings. The number of ether oxygens (including phenoxy) is 2. The van der Waals surface area contributed by atoms with Crippen LogP contribution in [0, 0.1) is 5.92 Å². The fourth-order valence-corrected chi connectivity index (χ4v) is 4.71. The van der Waals surface area contributed by atoms with Gasteiger partial charge in [-0.25, -0.2) is 14.6 Å². The number of hydrogen-bond donors (Lipinski definition) is 1. The summed E-state index contributed by atoms with van der Waals surface area (Å²) in [5.41, 5.74) is 0.846. The summed E-state index contributed by atoms with van der Waals surface area (Å²) in [6.45, 7) is 12.5. The Kier molecular flexibility index (Phi) is 9.48. The van der Waals surface area contributed by atoms with Crippen molar-refractivity contribution in [2.45, 2.75) is 64.5 Å². The first-order chi connectivity index (χ1) is 16.3. The Balaban J connectivity index is 1.77. The topological polar surface area (TPSA) is 128 Å². The molecular formula is C22H37N7O4Si. The molecule has 34 heavy (non-hydrogen) atoms. The van der Waals surface area contributed by atoms with E-state index in [0.717, 1.165) is 31.1 Å². The molecule has 0 bridgehead atoms. The summed E-state index contributed by atoms with van der Waals surface area (Å²) in [7, 11) is -1.21. The largest absolute Gasteiger partial charge is 0.481 e. The van der Waals surface area contributed by atoms with Crippen LogP contribution in [0.1, 0.15) is 37.1 Å². The van der Waals surface area contributed by atoms with Gasteiger partial charge < -0.3 is 19.5 Å². The highest BCUT2D eigenvalue weighted by Gasteiger charge is 2.33. The van der Waals surface area contributed by atoms with Gasteiger partial charge in [0.15, 0.2) is 5.82 Å². The van der Waals surface area contributed by atoms with Crippen LogP contribution in [0.3, 0.4) is 0 Å². The maximum atomic E-state index is 12.2. The van der Waals surface area contributed by atoms with E-state index in [-0.39, 0.29) is 6.73 Å². The first-order valence-corrected chi connectivity index (χ1v) is 15.7. The minimum atomic E-state index is -1.21. The summed E-state index contributed by atoms with van der Waals surface area (Å²) in [6, 6.07) is 1.04. The molecule has 1 aliphatic rings. The molecule has 1 unspecified atom stereocenters. The Morgan fingerprint density at radius 2 is 1.94 bits per heavy atom. The van der Waals surface area contributed by atoms with E-state index in [0.29, 0.717) is 44.4 Å². The predicted octanol–water partition coefficient (Wildman–Crippen LogP) is 2.44. The Hall–Kier alpha value is -2.44. The molecule has 2 aromatic heterocycles. The molecule has 1 aliphatic heterocycles. The van der Waals surface area contributed by atoms with Crippen LogP contribution in [0.4, 0.5) is 5.95 Å². The Bertz CT molecular complexity index is 897. The zero-order chi connectivity index (χ0) is 24.6. The van der Waals surface area contributed by atoms with Crippen LogP contribution < -0.4 is 4.90 Å². The van der Waals surface area contributed by atoms with Gasteiger partial charge in [-0.2, -0.15) is 0 Å². The van der Waals surface area contributed by atoms with Crippen molar-refractivity contribution >= 4 is 20.0 Å². The Morgan fingerprint density at radius 3 is 2.56 bits per heavy atom. The van der Waals surface area contributed by atoms with Gasteiger partial charge in [0, 0.05) is 46.1 Å². The molecule has 0 saturated carbocycles. The van der Waals surface area contributed by atoms with Crippen molar-refractivity contribution in [3.05, 3.63) is 23.8 Å². The highest BCUT2D eigenvalue weighted by atomic mass is 28.3. The maximum absolute atomic E-state index is 12.2. The van der Waals surface area contributed by atoms with Crippen molar-refractivity contribution in [3.63, 3.8) is 0 Å². The molecule has 0 aromatic carbocycles. The first-order valence-electron chi connectivity index (χ1n) is 12.0. The Labute approximate surface area is 201 Å². The highest BCUT2D eigenvalue weighted by Crippen LogP contribution is 2.31. The molecule has 11 nitrogen and oxygen atoms in total. The van der Waals surface area contributed by atoms with Gasteiger partial charge in [-0.05, 0) is 34.9 Å². The molecular weight excluding hydrogens is 454 g/mol. The lowest BCUT2D eigenvalue weighted by Crippen LogP contribution is -2.37. The second-order valence-electron chi connectivity index (χ2n) is 9.92. The summed E-state index contributed by atoms with van der Waals surface area (Å²) in [5, 5.41) is 22.2. The van der Waals surface area contributed by atoms with Crippen LogP contribution in [0.15, 0.2) is 12.4 Å². The average Bonchev–Trinajstić information content (AvgIpc) is 3.27. The second kappa shape index (κ2) is 12.3. The molecule has 12 heteroatoms. The van der Waals surface area contributed by atoms with E-state index < -0.39 is 25.9 Å². The summed E-state index contributed by atoms with van der Waals surface area (Å²) in [6.07, 6.45) is 5.24. The number of rotatable bonds is 13. The van der Waals surface area contributed by atoms with Crippen LogP contribution in [0.25, 0.3) is 0 Å². The van der Waals surface area contributed by atoms with Gasteiger partial charge in [-0.1, -0.05) is 33.0 Å². The minimum absolute atomic E-state index is 0.203. The molecule has 1 saturated heterocycles. The standard InChI is InChI=1S/C22H37N7O4Si/c1-5-6-18(21(30)31)19(20-25-26-27-29(20)16-33-11-12-34(2,3)4)13-17-14-23-22(24-15-17)28-7-9-32-10-8-28/h14-15,18-19H,5-13,16H2,1-4H3,(H,30,31)/t18?,19-/m0/s1. The lowest BCUT2D eigenvalue weighted by molar-refractivity contribution is -0.143. The lowest BCUT2D eigenvalue weighted by Gasteiger charge is -2.27. The molecule has 0 aliphatic carbocycles. The zero-order valence-corrected chi connectivity index (χ0v) is 21.7. The number of aliphatic carboxylic acids is 1. The third kappa shape index (κ3) is 7.54. The second-order valence-corrected chi connectivity index (χ2v) is 15.5. The number of carboxylic acid groups (broad SMARTS) is 1. The number of hydrogen-bond acceptors (Lipinski definition) is 9. The smallest absolute Gasteiger partial charge is 0.307 e. The normalized spacial score (nSPS) is 16.4. The quantitative estimate of drug-likeness (QED) is 0.329. The summed E-state index contributed by atoms with van der Waals surface area (Å²) in [4.78, 5) is 23.3. The number of nitrogens with zero attached hydrogens (tertiary/aromatic N) is 7. The molecule has 0 radical (unpaired) electrons. The minimum Gasteiger partial charge on any atom is -0.481 e. The van der Waals surface area contributed by atoms with E-state index in [9.17, 15) is 9.90 Å². The van der Waals surface area contributed by atoms with Crippen molar-refractivity contribution < 1.29 is 19.4 Å². The highest BCUT2D eigenvalue weighted by molar-refractivity contribution is 6.76. The predicted molar refractivity (Wildman–Crippen MR) is 129 cm³/mol. The van der Waals surface area contributed by atoms with Crippen LogP contribution in [0.2, 0.25) is 25.7 Å². The van der Waals surface area contributed by atoms with Gasteiger partial charge in [-0.15, -0.1) is 5.10 Å². The number of carboxylic acids is 1. The van der Waals surface area contributed by atoms with Crippen molar-refractivity contribution in [3.8, 4) is 0 Å². The molecule has 3 rings (SSSR count). The van der Waals surface area contributed by atoms with E-state index in [1.807, 2.05) is 6.92 Å². The van der Waals surface area contributed by atoms with Crippen molar-refractivity contribution in [1.82, 2.24) is 30.2 Å². The van der Waals surface area contributed by atoms with Crippen LogP contribution >= 0.6 is 0 Å². The summed E-state index contributed by atoms with van der Waals surface area (Å²) < 4.78 is 12.8. The zero-order valence-electron chi connectivity index (χ0n) is 20.7. The number of aromatic nitrogens is 6. The third-order valence-electron chi connectivity index (χ3n) is 5.95. The fraction of sp³-hybridized carbons (Fsp3) is 0.727. The van der Waals surface area contributed by atoms with E-state index in [4.69, 9.17) is 9.47 Å². The molecule has 1 N–H and O–H groups in total. The van der Waals surface area contributed by atoms with Crippen LogP contribution in [0.5, 0.6) is 0 Å². The van der Waals surface area contributed by atoms with Gasteiger partial charge >= 0.3 is 5.97 Å². The number of anilines is 1. The molecule has 3 heterocycles. The van der Waals surface area contributed by atoms with Crippen molar-refractivity contribution in [2.75, 3.05) is 37.8 Å². The average molecular weight is 492 g/mol. The fourth-order valence-electron chi connectivity index (χ4n) is 3.95. The van der Waals surface area contributed by atoms with E-state index in [2.05, 4.69) is 50.0 Å². The number of tetrazole rings is 1. The molecule has 0 spiro atoms. The monoisotopic (exact) mass is 491 g/mol. The van der Waals surface area contributed by atoms with E-state index in [1.54, 1.807) is 17.1 Å². The van der Waals surface area contributed by atoms with Gasteiger partial charge in [0.1, 0.15) is 6.73 Å². The van der Waals surface area contributed by atoms with Crippen LogP contribution in [-0.2, 0) is 27.4 Å².